The smallest absolute Gasteiger partial charge is 0.271 e. The van der Waals surface area contributed by atoms with Crippen molar-refractivity contribution in [3.8, 4) is 5.75 Å². The van der Waals surface area contributed by atoms with Gasteiger partial charge in [-0.25, -0.2) is 5.43 Å². The van der Waals surface area contributed by atoms with Crippen LogP contribution in [0.4, 0.5) is 0 Å². The number of carbonyl (C=O) groups excluding carboxylic acids is 1. The molecule has 1 N–H and O–H groups in total. The molecule has 0 fully saturated rings. The van der Waals surface area contributed by atoms with Gasteiger partial charge in [0.2, 0.25) is 0 Å². The highest BCUT2D eigenvalue weighted by Crippen LogP contribution is 2.31. The molecule has 120 valence electrons. The summed E-state index contributed by atoms with van der Waals surface area (Å²) in [6.07, 6.45) is 1.41. The fraction of sp³-hybridized carbons (Fsp3) is 0.125. The van der Waals surface area contributed by atoms with Gasteiger partial charge in [0.1, 0.15) is 5.75 Å². The Morgan fingerprint density at radius 3 is 2.57 bits per heavy atom. The van der Waals surface area contributed by atoms with Crippen molar-refractivity contribution in [3.63, 3.8) is 0 Å². The summed E-state index contributed by atoms with van der Waals surface area (Å²) in [5.41, 5.74) is 4.27. The molecule has 0 spiro atoms. The zero-order chi connectivity index (χ0) is 17.0. The number of benzene rings is 2. The van der Waals surface area contributed by atoms with Gasteiger partial charge < -0.3 is 4.74 Å². The lowest BCUT2D eigenvalue weighted by Gasteiger charge is -2.07. The molecule has 0 aliphatic rings. The van der Waals surface area contributed by atoms with E-state index in [2.05, 4.69) is 10.5 Å². The molecule has 0 bridgehead atoms. The van der Waals surface area contributed by atoms with Gasteiger partial charge in [0, 0.05) is 21.2 Å². The summed E-state index contributed by atoms with van der Waals surface area (Å²) in [7, 11) is 1.49. The van der Waals surface area contributed by atoms with Crippen molar-refractivity contribution in [2.45, 2.75) is 6.92 Å². The third-order valence-corrected chi connectivity index (χ3v) is 3.95. The first kappa shape index (κ1) is 17.6. The van der Waals surface area contributed by atoms with E-state index in [1.165, 1.54) is 13.3 Å². The Morgan fingerprint density at radius 1 is 1.17 bits per heavy atom. The number of aryl methyl sites for hydroxylation is 1. The van der Waals surface area contributed by atoms with Gasteiger partial charge >= 0.3 is 0 Å². The zero-order valence-corrected chi connectivity index (χ0v) is 14.6. The molecule has 1 amide bonds. The molecule has 2 rings (SSSR count). The quantitative estimate of drug-likeness (QED) is 0.624. The summed E-state index contributed by atoms with van der Waals surface area (Å²) < 4.78 is 5.19. The van der Waals surface area contributed by atoms with Crippen LogP contribution in [-0.4, -0.2) is 19.2 Å². The normalized spacial score (nSPS) is 10.8. The zero-order valence-electron chi connectivity index (χ0n) is 12.4. The lowest BCUT2D eigenvalue weighted by atomic mass is 10.1. The molecule has 0 atom stereocenters. The molecule has 0 radical (unpaired) electrons. The molecule has 7 heteroatoms. The lowest BCUT2D eigenvalue weighted by Crippen LogP contribution is -2.17. The fourth-order valence-electron chi connectivity index (χ4n) is 1.85. The first-order valence-electron chi connectivity index (χ1n) is 6.55. The molecular formula is C16H13Cl3N2O2. The van der Waals surface area contributed by atoms with Crippen molar-refractivity contribution in [1.29, 1.82) is 0 Å². The summed E-state index contributed by atoms with van der Waals surface area (Å²) in [6, 6.07) is 8.21. The van der Waals surface area contributed by atoms with Crippen molar-refractivity contribution >= 4 is 46.9 Å². The summed E-state index contributed by atoms with van der Waals surface area (Å²) in [4.78, 5) is 12.0. The third kappa shape index (κ3) is 4.38. The SMILES string of the molecule is COc1c(Cl)cc(Cl)cc1/C=N\NC(=O)c1ccc(C)c(Cl)c1. The number of nitrogens with one attached hydrogen (secondary N) is 1. The predicted octanol–water partition coefficient (Wildman–Crippen LogP) is 4.73. The Morgan fingerprint density at radius 2 is 1.91 bits per heavy atom. The van der Waals surface area contributed by atoms with Gasteiger partial charge in [-0.2, -0.15) is 5.10 Å². The van der Waals surface area contributed by atoms with Gasteiger partial charge in [0.15, 0.2) is 0 Å². The third-order valence-electron chi connectivity index (χ3n) is 3.04. The number of halogens is 3. The lowest BCUT2D eigenvalue weighted by molar-refractivity contribution is 0.0955. The first-order chi connectivity index (χ1) is 10.9. The van der Waals surface area contributed by atoms with E-state index in [9.17, 15) is 4.79 Å². The highest BCUT2D eigenvalue weighted by molar-refractivity contribution is 6.36. The number of hydrogen-bond acceptors (Lipinski definition) is 3. The topological polar surface area (TPSA) is 50.7 Å². The van der Waals surface area contributed by atoms with E-state index in [-0.39, 0.29) is 5.91 Å². The minimum absolute atomic E-state index is 0.359. The Bertz CT molecular complexity index is 776. The molecule has 0 aliphatic heterocycles. The van der Waals surface area contributed by atoms with Gasteiger partial charge in [0.25, 0.3) is 5.91 Å². The van der Waals surface area contributed by atoms with Crippen LogP contribution in [0.1, 0.15) is 21.5 Å². The minimum Gasteiger partial charge on any atom is -0.495 e. The number of carbonyl (C=O) groups is 1. The Kier molecular flexibility index (Phi) is 5.88. The molecule has 0 heterocycles. The molecule has 0 aliphatic carbocycles. The number of nitrogens with zero attached hydrogens (tertiary/aromatic N) is 1. The van der Waals surface area contributed by atoms with Crippen molar-refractivity contribution in [3.05, 3.63) is 62.1 Å². The molecule has 2 aromatic carbocycles. The Balaban J connectivity index is 2.15. The van der Waals surface area contributed by atoms with Crippen molar-refractivity contribution in [2.75, 3.05) is 7.11 Å². The monoisotopic (exact) mass is 370 g/mol. The maximum atomic E-state index is 12.0. The van der Waals surface area contributed by atoms with E-state index in [4.69, 9.17) is 39.5 Å². The Labute approximate surface area is 149 Å². The van der Waals surface area contributed by atoms with Gasteiger partial charge in [0.05, 0.1) is 18.3 Å². The summed E-state index contributed by atoms with van der Waals surface area (Å²) in [5.74, 6) is 0.0442. The maximum Gasteiger partial charge on any atom is 0.271 e. The maximum absolute atomic E-state index is 12.0. The van der Waals surface area contributed by atoms with E-state index in [1.807, 2.05) is 6.92 Å². The van der Waals surface area contributed by atoms with Crippen LogP contribution in [0.5, 0.6) is 5.75 Å². The molecule has 0 saturated heterocycles. The van der Waals surface area contributed by atoms with E-state index in [0.717, 1.165) is 5.56 Å². The van der Waals surface area contributed by atoms with Gasteiger partial charge in [-0.05, 0) is 36.8 Å². The van der Waals surface area contributed by atoms with Gasteiger partial charge in [-0.1, -0.05) is 40.9 Å². The largest absolute Gasteiger partial charge is 0.495 e. The highest BCUT2D eigenvalue weighted by atomic mass is 35.5. The van der Waals surface area contributed by atoms with E-state index < -0.39 is 0 Å². The fourth-order valence-corrected chi connectivity index (χ4v) is 2.62. The molecular weight excluding hydrogens is 359 g/mol. The van der Waals surface area contributed by atoms with E-state index in [0.29, 0.717) is 31.9 Å². The average molecular weight is 372 g/mol. The van der Waals surface area contributed by atoms with Gasteiger partial charge in [-0.15, -0.1) is 0 Å². The first-order valence-corrected chi connectivity index (χ1v) is 7.68. The molecule has 0 aromatic heterocycles. The standard InChI is InChI=1S/C16H13Cl3N2O2/c1-9-3-4-10(6-13(9)18)16(22)21-20-8-11-5-12(17)7-14(19)15(11)23-2/h3-8H,1-2H3,(H,21,22)/b20-8-. The number of hydrogen-bond donors (Lipinski definition) is 1. The predicted molar refractivity (Wildman–Crippen MR) is 94.3 cm³/mol. The molecule has 23 heavy (non-hydrogen) atoms. The number of methoxy groups -OCH3 is 1. The molecule has 0 unspecified atom stereocenters. The van der Waals surface area contributed by atoms with Crippen LogP contribution < -0.4 is 10.2 Å². The second kappa shape index (κ2) is 7.68. The van der Waals surface area contributed by atoms with Crippen LogP contribution in [0, 0.1) is 6.92 Å². The number of amides is 1. The number of ether oxygens (including phenoxy) is 1. The molecule has 4 nitrogen and oxygen atoms in total. The second-order valence-corrected chi connectivity index (χ2v) is 5.92. The van der Waals surface area contributed by atoms with Crippen LogP contribution >= 0.6 is 34.8 Å². The number of hydrazone groups is 1. The van der Waals surface area contributed by atoms with Crippen LogP contribution in [0.25, 0.3) is 0 Å². The van der Waals surface area contributed by atoms with E-state index >= 15 is 0 Å². The summed E-state index contributed by atoms with van der Waals surface area (Å²) in [5, 5.41) is 5.21. The number of rotatable bonds is 4. The second-order valence-electron chi connectivity index (χ2n) is 4.67. The van der Waals surface area contributed by atoms with Crippen LogP contribution in [0.2, 0.25) is 15.1 Å². The van der Waals surface area contributed by atoms with Crippen LogP contribution in [0.3, 0.4) is 0 Å². The van der Waals surface area contributed by atoms with Crippen LogP contribution in [0.15, 0.2) is 35.4 Å². The molecule has 2 aromatic rings. The summed E-state index contributed by atoms with van der Waals surface area (Å²) >= 11 is 18.0. The highest BCUT2D eigenvalue weighted by Gasteiger charge is 2.09. The summed E-state index contributed by atoms with van der Waals surface area (Å²) in [6.45, 7) is 1.86. The average Bonchev–Trinajstić information content (AvgIpc) is 2.49. The minimum atomic E-state index is -0.379. The van der Waals surface area contributed by atoms with Gasteiger partial charge in [-0.3, -0.25) is 4.79 Å². The van der Waals surface area contributed by atoms with E-state index in [1.54, 1.807) is 30.3 Å². The van der Waals surface area contributed by atoms with Crippen molar-refractivity contribution < 1.29 is 9.53 Å². The van der Waals surface area contributed by atoms with Crippen molar-refractivity contribution in [1.82, 2.24) is 5.43 Å². The molecule has 0 saturated carbocycles. The van der Waals surface area contributed by atoms with Crippen molar-refractivity contribution in [2.24, 2.45) is 5.10 Å². The Hall–Kier alpha value is -1.75. The van der Waals surface area contributed by atoms with Crippen LogP contribution in [-0.2, 0) is 0 Å².